The van der Waals surface area contributed by atoms with E-state index in [0.29, 0.717) is 31.1 Å². The fraction of sp³-hybridized carbons (Fsp3) is 0.480. The number of anilines is 1. The third kappa shape index (κ3) is 6.43. The van der Waals surface area contributed by atoms with E-state index in [1.807, 2.05) is 26.8 Å². The smallest absolute Gasteiger partial charge is 0.410 e. The highest BCUT2D eigenvalue weighted by Crippen LogP contribution is 2.34. The van der Waals surface area contributed by atoms with Gasteiger partial charge in [-0.3, -0.25) is 4.79 Å². The first-order chi connectivity index (χ1) is 15.3. The fourth-order valence-corrected chi connectivity index (χ4v) is 3.45. The lowest BCUT2D eigenvalue weighted by atomic mass is 9.86. The van der Waals surface area contributed by atoms with Crippen molar-refractivity contribution in [3.8, 4) is 5.75 Å². The van der Waals surface area contributed by atoms with Gasteiger partial charge in [-0.25, -0.2) is 9.78 Å². The van der Waals surface area contributed by atoms with Crippen molar-refractivity contribution in [3.63, 3.8) is 0 Å². The maximum atomic E-state index is 13.8. The summed E-state index contributed by atoms with van der Waals surface area (Å²) in [6.45, 7) is 13.3. The van der Waals surface area contributed by atoms with Gasteiger partial charge in [-0.15, -0.1) is 0 Å². The topological polar surface area (TPSA) is 80.8 Å². The molecule has 2 amide bonds. The second kappa shape index (κ2) is 9.37. The van der Waals surface area contributed by atoms with Crippen LogP contribution in [0.1, 0.15) is 57.5 Å². The second-order valence-corrected chi connectivity index (χ2v) is 10.3. The number of aromatic nitrogens is 1. The van der Waals surface area contributed by atoms with Crippen molar-refractivity contribution < 1.29 is 23.5 Å². The molecule has 3 rings (SSSR count). The molecule has 1 aliphatic heterocycles. The molecule has 0 unspecified atom stereocenters. The third-order valence-corrected chi connectivity index (χ3v) is 5.13. The Morgan fingerprint density at radius 3 is 2.45 bits per heavy atom. The molecule has 1 aromatic heterocycles. The van der Waals surface area contributed by atoms with Gasteiger partial charge < -0.3 is 19.7 Å². The molecule has 7 nitrogen and oxygen atoms in total. The third-order valence-electron chi connectivity index (χ3n) is 5.13. The lowest BCUT2D eigenvalue weighted by Gasteiger charge is -2.39. The number of hydrogen-bond acceptors (Lipinski definition) is 5. The molecule has 2 aromatic rings. The van der Waals surface area contributed by atoms with Crippen molar-refractivity contribution in [2.75, 3.05) is 25.0 Å². The van der Waals surface area contributed by atoms with Crippen LogP contribution in [0.4, 0.5) is 14.9 Å². The molecule has 1 N–H and O–H groups in total. The Hall–Kier alpha value is -3.16. The van der Waals surface area contributed by atoms with Gasteiger partial charge in [0.15, 0.2) is 0 Å². The molecule has 1 saturated heterocycles. The van der Waals surface area contributed by atoms with E-state index in [1.54, 1.807) is 17.0 Å². The molecule has 0 radical (unpaired) electrons. The maximum Gasteiger partial charge on any atom is 0.410 e. The summed E-state index contributed by atoms with van der Waals surface area (Å²) in [6.07, 6.45) is 0.974. The van der Waals surface area contributed by atoms with Gasteiger partial charge >= 0.3 is 6.09 Å². The maximum absolute atomic E-state index is 13.8. The Bertz CT molecular complexity index is 1020. The standard InChI is InChI=1S/C25H32FN3O4/c1-24(2,3)19-10-9-17(28-22(30)18-8-7-11-27-21(18)26)12-20(19)32-15-16-13-29(14-16)23(31)33-25(4,5)6/h7-12,16H,13-15H2,1-6H3,(H,28,30). The van der Waals surface area contributed by atoms with E-state index in [0.717, 1.165) is 5.56 Å². The molecular weight excluding hydrogens is 425 g/mol. The van der Waals surface area contributed by atoms with Crippen molar-refractivity contribution in [2.24, 2.45) is 5.92 Å². The van der Waals surface area contributed by atoms with Gasteiger partial charge in [-0.2, -0.15) is 4.39 Å². The van der Waals surface area contributed by atoms with Gasteiger partial charge in [0.1, 0.15) is 11.4 Å². The number of pyridine rings is 1. The summed E-state index contributed by atoms with van der Waals surface area (Å²) in [6, 6.07) is 8.31. The number of rotatable bonds is 5. The van der Waals surface area contributed by atoms with Crippen LogP contribution in [0.5, 0.6) is 5.75 Å². The predicted octanol–water partition coefficient (Wildman–Crippen LogP) is 5.02. The number of ether oxygens (including phenoxy) is 2. The van der Waals surface area contributed by atoms with Crippen LogP contribution >= 0.6 is 0 Å². The quantitative estimate of drug-likeness (QED) is 0.638. The molecule has 1 fully saturated rings. The summed E-state index contributed by atoms with van der Waals surface area (Å²) in [4.78, 5) is 29.8. The summed E-state index contributed by atoms with van der Waals surface area (Å²) in [7, 11) is 0. The van der Waals surface area contributed by atoms with Gasteiger partial charge in [-0.05, 0) is 49.9 Å². The largest absolute Gasteiger partial charge is 0.493 e. The lowest BCUT2D eigenvalue weighted by Crippen LogP contribution is -2.53. The molecule has 2 heterocycles. The average molecular weight is 458 g/mol. The van der Waals surface area contributed by atoms with Gasteiger partial charge in [0.25, 0.3) is 5.91 Å². The first-order valence-electron chi connectivity index (χ1n) is 11.0. The van der Waals surface area contributed by atoms with Crippen molar-refractivity contribution in [1.29, 1.82) is 0 Å². The van der Waals surface area contributed by atoms with E-state index in [1.165, 1.54) is 18.3 Å². The number of nitrogens with one attached hydrogen (secondary N) is 1. The number of carbonyl (C=O) groups excluding carboxylic acids is 2. The number of halogens is 1. The van der Waals surface area contributed by atoms with Gasteiger partial charge in [-0.1, -0.05) is 26.8 Å². The summed E-state index contributed by atoms with van der Waals surface area (Å²) in [5, 5.41) is 2.71. The molecule has 33 heavy (non-hydrogen) atoms. The highest BCUT2D eigenvalue weighted by molar-refractivity contribution is 6.04. The van der Waals surface area contributed by atoms with Crippen LogP contribution in [0.25, 0.3) is 0 Å². The van der Waals surface area contributed by atoms with E-state index < -0.39 is 17.5 Å². The molecule has 0 bridgehead atoms. The van der Waals surface area contributed by atoms with E-state index in [9.17, 15) is 14.0 Å². The Kier molecular flexibility index (Phi) is 6.95. The van der Waals surface area contributed by atoms with Gasteiger partial charge in [0, 0.05) is 37.0 Å². The van der Waals surface area contributed by atoms with Crippen molar-refractivity contribution in [1.82, 2.24) is 9.88 Å². The number of nitrogens with zero attached hydrogens (tertiary/aromatic N) is 2. The number of hydrogen-bond donors (Lipinski definition) is 1. The Balaban J connectivity index is 1.66. The molecule has 0 aliphatic carbocycles. The zero-order chi connectivity index (χ0) is 24.4. The van der Waals surface area contributed by atoms with Crippen molar-refractivity contribution in [2.45, 2.75) is 52.6 Å². The lowest BCUT2D eigenvalue weighted by molar-refractivity contribution is -0.00790. The number of amides is 2. The zero-order valence-corrected chi connectivity index (χ0v) is 20.1. The van der Waals surface area contributed by atoms with E-state index in [2.05, 4.69) is 31.1 Å². The molecule has 1 aliphatic rings. The molecule has 1 aromatic carbocycles. The van der Waals surface area contributed by atoms with Crippen molar-refractivity contribution in [3.05, 3.63) is 53.6 Å². The van der Waals surface area contributed by atoms with E-state index >= 15 is 0 Å². The van der Waals surface area contributed by atoms with Crippen LogP contribution in [0.15, 0.2) is 36.5 Å². The summed E-state index contributed by atoms with van der Waals surface area (Å²) >= 11 is 0. The number of likely N-dealkylation sites (tertiary alicyclic amines) is 1. The molecule has 8 heteroatoms. The van der Waals surface area contributed by atoms with Crippen LogP contribution in [-0.4, -0.2) is 47.2 Å². The molecule has 0 spiro atoms. The van der Waals surface area contributed by atoms with Gasteiger partial charge in [0.05, 0.1) is 12.2 Å². The molecular formula is C25H32FN3O4. The normalized spacial score (nSPS) is 14.5. The molecule has 0 saturated carbocycles. The second-order valence-electron chi connectivity index (χ2n) is 10.3. The molecule has 0 atom stereocenters. The fourth-order valence-electron chi connectivity index (χ4n) is 3.45. The van der Waals surface area contributed by atoms with Crippen LogP contribution in [-0.2, 0) is 10.2 Å². The first-order valence-corrected chi connectivity index (χ1v) is 11.0. The summed E-state index contributed by atoms with van der Waals surface area (Å²) in [5.41, 5.74) is 0.641. The highest BCUT2D eigenvalue weighted by atomic mass is 19.1. The Morgan fingerprint density at radius 2 is 1.85 bits per heavy atom. The van der Waals surface area contributed by atoms with E-state index in [-0.39, 0.29) is 23.0 Å². The first kappa shape index (κ1) is 24.5. The highest BCUT2D eigenvalue weighted by Gasteiger charge is 2.34. The SMILES string of the molecule is CC(C)(C)OC(=O)N1CC(COc2cc(NC(=O)c3cccnc3F)ccc2C(C)(C)C)C1. The number of benzene rings is 1. The van der Waals surface area contributed by atoms with E-state index in [4.69, 9.17) is 9.47 Å². The minimum Gasteiger partial charge on any atom is -0.493 e. The number of carbonyl (C=O) groups is 2. The van der Waals surface area contributed by atoms with Crippen LogP contribution in [0.3, 0.4) is 0 Å². The van der Waals surface area contributed by atoms with Crippen LogP contribution in [0, 0.1) is 11.9 Å². The summed E-state index contributed by atoms with van der Waals surface area (Å²) < 4.78 is 25.4. The van der Waals surface area contributed by atoms with Crippen LogP contribution in [0.2, 0.25) is 0 Å². The zero-order valence-electron chi connectivity index (χ0n) is 20.1. The molecule has 178 valence electrons. The average Bonchev–Trinajstić information content (AvgIpc) is 2.64. The Labute approximate surface area is 194 Å². The van der Waals surface area contributed by atoms with Crippen molar-refractivity contribution >= 4 is 17.7 Å². The van der Waals surface area contributed by atoms with Crippen LogP contribution < -0.4 is 10.1 Å². The summed E-state index contributed by atoms with van der Waals surface area (Å²) in [5.74, 6) is -0.574. The minimum atomic E-state index is -0.822. The minimum absolute atomic E-state index is 0.128. The van der Waals surface area contributed by atoms with Gasteiger partial charge in [0.2, 0.25) is 5.95 Å². The predicted molar refractivity (Wildman–Crippen MR) is 124 cm³/mol. The monoisotopic (exact) mass is 457 g/mol. The Morgan fingerprint density at radius 1 is 1.15 bits per heavy atom.